The number of Topliss-reactive ketones (excluding diaryl/α,β-unsaturated/α-hetero) is 1. The predicted molar refractivity (Wildman–Crippen MR) is 126 cm³/mol. The number of phenols is 2. The van der Waals surface area contributed by atoms with E-state index in [0.29, 0.717) is 18.8 Å². The Labute approximate surface area is 187 Å². The molecule has 0 fully saturated rings. The molecule has 0 aliphatic heterocycles. The van der Waals surface area contributed by atoms with Gasteiger partial charge in [0.05, 0.1) is 6.61 Å². The average Bonchev–Trinajstić information content (AvgIpc) is 2.77. The van der Waals surface area contributed by atoms with Crippen LogP contribution in [0.4, 0.5) is 0 Å². The Hall–Kier alpha value is -2.49. The van der Waals surface area contributed by atoms with Crippen LogP contribution in [0.1, 0.15) is 93.5 Å². The molecule has 2 N–H and O–H groups in total. The van der Waals surface area contributed by atoms with Gasteiger partial charge in [-0.25, -0.2) is 0 Å². The molecule has 4 nitrogen and oxygen atoms in total. The van der Waals surface area contributed by atoms with Gasteiger partial charge in [0.1, 0.15) is 22.8 Å². The van der Waals surface area contributed by atoms with Crippen molar-refractivity contribution in [3.05, 3.63) is 53.6 Å². The SMILES string of the molecule is CCCCCCCCCCCCOc1cccc(O)c1C(=O)CCc1ccc(O)cc1. The Morgan fingerprint density at radius 3 is 2.06 bits per heavy atom. The Morgan fingerprint density at radius 2 is 1.42 bits per heavy atom. The number of benzene rings is 2. The molecular formula is C27H38O4. The van der Waals surface area contributed by atoms with Gasteiger partial charge in [0.25, 0.3) is 0 Å². The van der Waals surface area contributed by atoms with Crippen molar-refractivity contribution in [2.75, 3.05) is 6.61 Å². The molecule has 0 aliphatic carbocycles. The van der Waals surface area contributed by atoms with Crippen LogP contribution in [0.3, 0.4) is 0 Å². The zero-order valence-electron chi connectivity index (χ0n) is 18.9. The molecule has 0 aliphatic rings. The molecule has 0 atom stereocenters. The van der Waals surface area contributed by atoms with E-state index < -0.39 is 0 Å². The Kier molecular flexibility index (Phi) is 11.6. The Balaban J connectivity index is 1.71. The van der Waals surface area contributed by atoms with Crippen LogP contribution in [0.15, 0.2) is 42.5 Å². The molecule has 4 heteroatoms. The second-order valence-electron chi connectivity index (χ2n) is 8.27. The summed E-state index contributed by atoms with van der Waals surface area (Å²) < 4.78 is 5.87. The second kappa shape index (κ2) is 14.5. The Bertz CT molecular complexity index is 767. The number of rotatable bonds is 16. The number of ketones is 1. The summed E-state index contributed by atoms with van der Waals surface area (Å²) >= 11 is 0. The molecule has 0 bridgehead atoms. The van der Waals surface area contributed by atoms with Gasteiger partial charge in [-0.15, -0.1) is 0 Å². The molecule has 170 valence electrons. The van der Waals surface area contributed by atoms with Gasteiger partial charge in [-0.2, -0.15) is 0 Å². The fourth-order valence-electron chi connectivity index (χ4n) is 3.74. The van der Waals surface area contributed by atoms with Gasteiger partial charge in [0.15, 0.2) is 5.78 Å². The van der Waals surface area contributed by atoms with Gasteiger partial charge >= 0.3 is 0 Å². The van der Waals surface area contributed by atoms with E-state index in [9.17, 15) is 15.0 Å². The van der Waals surface area contributed by atoms with Gasteiger partial charge in [-0.3, -0.25) is 4.79 Å². The number of carbonyl (C=O) groups is 1. The number of phenolic OH excluding ortho intramolecular Hbond substituents is 2. The summed E-state index contributed by atoms with van der Waals surface area (Å²) in [5.74, 6) is 0.505. The van der Waals surface area contributed by atoms with Crippen LogP contribution in [0.25, 0.3) is 0 Å². The highest BCUT2D eigenvalue weighted by Gasteiger charge is 2.17. The minimum atomic E-state index is -0.135. The zero-order valence-corrected chi connectivity index (χ0v) is 18.9. The first-order chi connectivity index (χ1) is 15.1. The quantitative estimate of drug-likeness (QED) is 0.220. The maximum Gasteiger partial charge on any atom is 0.170 e. The van der Waals surface area contributed by atoms with E-state index in [1.54, 1.807) is 36.4 Å². The van der Waals surface area contributed by atoms with Gasteiger partial charge < -0.3 is 14.9 Å². The number of aryl methyl sites for hydroxylation is 1. The molecule has 0 saturated heterocycles. The van der Waals surface area contributed by atoms with Gasteiger partial charge in [-0.05, 0) is 42.7 Å². The van der Waals surface area contributed by atoms with E-state index >= 15 is 0 Å². The number of aromatic hydroxyl groups is 2. The van der Waals surface area contributed by atoms with E-state index in [2.05, 4.69) is 6.92 Å². The number of hydrogen-bond donors (Lipinski definition) is 2. The Morgan fingerprint density at radius 1 is 0.806 bits per heavy atom. The van der Waals surface area contributed by atoms with Crippen LogP contribution in [0.5, 0.6) is 17.2 Å². The summed E-state index contributed by atoms with van der Waals surface area (Å²) in [7, 11) is 0. The van der Waals surface area contributed by atoms with Crippen molar-refractivity contribution in [3.63, 3.8) is 0 Å². The van der Waals surface area contributed by atoms with E-state index in [4.69, 9.17) is 4.74 Å². The lowest BCUT2D eigenvalue weighted by Gasteiger charge is -2.12. The van der Waals surface area contributed by atoms with Gasteiger partial charge in [0, 0.05) is 6.42 Å². The van der Waals surface area contributed by atoms with Crippen LogP contribution in [0.2, 0.25) is 0 Å². The minimum absolute atomic E-state index is 0.0312. The first kappa shape index (κ1) is 24.8. The third kappa shape index (κ3) is 9.46. The summed E-state index contributed by atoms with van der Waals surface area (Å²) in [6.45, 7) is 2.80. The van der Waals surface area contributed by atoms with Crippen molar-refractivity contribution in [3.8, 4) is 17.2 Å². The monoisotopic (exact) mass is 426 g/mol. The fourth-order valence-corrected chi connectivity index (χ4v) is 3.74. The van der Waals surface area contributed by atoms with Crippen molar-refractivity contribution < 1.29 is 19.7 Å². The largest absolute Gasteiger partial charge is 0.508 e. The van der Waals surface area contributed by atoms with Gasteiger partial charge in [-0.1, -0.05) is 82.9 Å². The smallest absolute Gasteiger partial charge is 0.170 e. The van der Waals surface area contributed by atoms with E-state index in [0.717, 1.165) is 18.4 Å². The minimum Gasteiger partial charge on any atom is -0.508 e. The van der Waals surface area contributed by atoms with Crippen molar-refractivity contribution in [1.82, 2.24) is 0 Å². The lowest BCUT2D eigenvalue weighted by Crippen LogP contribution is -2.07. The summed E-state index contributed by atoms with van der Waals surface area (Å²) in [6.07, 6.45) is 13.4. The van der Waals surface area contributed by atoms with Crippen molar-refractivity contribution >= 4 is 5.78 Å². The molecule has 0 spiro atoms. The van der Waals surface area contributed by atoms with Crippen LogP contribution < -0.4 is 4.74 Å². The molecule has 31 heavy (non-hydrogen) atoms. The van der Waals surface area contributed by atoms with E-state index in [-0.39, 0.29) is 29.3 Å². The molecule has 0 radical (unpaired) electrons. The molecular weight excluding hydrogens is 388 g/mol. The molecule has 0 heterocycles. The molecule has 2 aromatic rings. The van der Waals surface area contributed by atoms with Crippen LogP contribution in [0, 0.1) is 0 Å². The molecule has 2 aromatic carbocycles. The maximum atomic E-state index is 12.7. The van der Waals surface area contributed by atoms with Crippen LogP contribution >= 0.6 is 0 Å². The second-order valence-corrected chi connectivity index (χ2v) is 8.27. The van der Waals surface area contributed by atoms with Gasteiger partial charge in [0.2, 0.25) is 0 Å². The average molecular weight is 427 g/mol. The van der Waals surface area contributed by atoms with E-state index in [1.165, 1.54) is 57.4 Å². The summed E-state index contributed by atoms with van der Waals surface area (Å²) in [4.78, 5) is 12.7. The first-order valence-electron chi connectivity index (χ1n) is 11.9. The third-order valence-corrected chi connectivity index (χ3v) is 5.62. The number of carbonyl (C=O) groups excluding carboxylic acids is 1. The summed E-state index contributed by atoms with van der Waals surface area (Å²) in [5.41, 5.74) is 1.24. The topological polar surface area (TPSA) is 66.8 Å². The molecule has 0 aromatic heterocycles. The van der Waals surface area contributed by atoms with Crippen molar-refractivity contribution in [2.45, 2.75) is 84.0 Å². The predicted octanol–water partition coefficient (Wildman–Crippen LogP) is 7.21. The summed E-state index contributed by atoms with van der Waals surface area (Å²) in [6, 6.07) is 11.8. The molecule has 0 saturated carbocycles. The maximum absolute atomic E-state index is 12.7. The highest BCUT2D eigenvalue weighted by Crippen LogP contribution is 2.29. The van der Waals surface area contributed by atoms with Crippen LogP contribution in [-0.4, -0.2) is 22.6 Å². The lowest BCUT2D eigenvalue weighted by atomic mass is 10.0. The molecule has 0 unspecified atom stereocenters. The van der Waals surface area contributed by atoms with Crippen molar-refractivity contribution in [1.29, 1.82) is 0 Å². The number of ether oxygens (including phenoxy) is 1. The normalized spacial score (nSPS) is 10.9. The van der Waals surface area contributed by atoms with Crippen molar-refractivity contribution in [2.24, 2.45) is 0 Å². The first-order valence-corrected chi connectivity index (χ1v) is 11.9. The van der Waals surface area contributed by atoms with Crippen LogP contribution in [-0.2, 0) is 6.42 Å². The third-order valence-electron chi connectivity index (χ3n) is 5.62. The zero-order chi connectivity index (χ0) is 22.3. The fraction of sp³-hybridized carbons (Fsp3) is 0.519. The number of hydrogen-bond acceptors (Lipinski definition) is 4. The lowest BCUT2D eigenvalue weighted by molar-refractivity contribution is 0.0976. The highest BCUT2D eigenvalue weighted by molar-refractivity contribution is 6.01. The molecule has 0 amide bonds. The van der Waals surface area contributed by atoms with E-state index in [1.807, 2.05) is 0 Å². The molecule has 2 rings (SSSR count). The summed E-state index contributed by atoms with van der Waals surface area (Å²) in [5, 5.41) is 19.6. The standard InChI is InChI=1S/C27H38O4/c1-2-3-4-5-6-7-8-9-10-11-21-31-26-14-12-13-24(29)27(26)25(30)20-17-22-15-18-23(28)19-16-22/h12-16,18-19,28-29H,2-11,17,20-21H2,1H3. The highest BCUT2D eigenvalue weighted by atomic mass is 16.5. The number of unbranched alkanes of at least 4 members (excludes halogenated alkanes) is 9.